The summed E-state index contributed by atoms with van der Waals surface area (Å²) in [5, 5.41) is 0. The molecule has 0 radical (unpaired) electrons. The first-order chi connectivity index (χ1) is 8.94. The summed E-state index contributed by atoms with van der Waals surface area (Å²) < 4.78 is 11.4. The Hall–Kier alpha value is -0.970. The van der Waals surface area contributed by atoms with E-state index in [1.807, 2.05) is 6.92 Å². The summed E-state index contributed by atoms with van der Waals surface area (Å²) in [6.07, 6.45) is 4.91. The molecule has 1 rings (SSSR count). The zero-order chi connectivity index (χ0) is 14.5. The highest BCUT2D eigenvalue weighted by molar-refractivity contribution is 7.85. The van der Waals surface area contributed by atoms with Crippen molar-refractivity contribution < 1.29 is 13.8 Å². The number of likely N-dealkylation sites (tertiary alicyclic amines) is 1. The molecule has 1 aliphatic heterocycles. The van der Waals surface area contributed by atoms with Gasteiger partial charge < -0.3 is 0 Å². The molecule has 0 N–H and O–H groups in total. The smallest absolute Gasteiger partial charge is 0.241 e. The van der Waals surface area contributed by atoms with Gasteiger partial charge in [0.2, 0.25) is 11.8 Å². The van der Waals surface area contributed by atoms with Crippen molar-refractivity contribution in [2.24, 2.45) is 5.41 Å². The van der Waals surface area contributed by atoms with Crippen LogP contribution in [-0.2, 0) is 20.4 Å². The van der Waals surface area contributed by atoms with Gasteiger partial charge in [0.1, 0.15) is 5.75 Å². The van der Waals surface area contributed by atoms with Crippen LogP contribution in [0, 0.1) is 5.41 Å². The first-order valence-corrected chi connectivity index (χ1v) is 8.24. The Morgan fingerprint density at radius 1 is 1.58 bits per heavy atom. The molecule has 2 atom stereocenters. The number of amides is 2. The number of piperidine rings is 1. The fraction of sp³-hybridized carbons (Fsp3) is 0.714. The van der Waals surface area contributed by atoms with Crippen LogP contribution in [0.2, 0.25) is 0 Å². The molecule has 0 aromatic rings. The van der Waals surface area contributed by atoms with E-state index in [1.54, 1.807) is 13.0 Å². The van der Waals surface area contributed by atoms with Gasteiger partial charge in [0.15, 0.2) is 0 Å². The summed E-state index contributed by atoms with van der Waals surface area (Å²) in [6.45, 7) is 7.82. The third-order valence-corrected chi connectivity index (χ3v) is 4.89. The van der Waals surface area contributed by atoms with E-state index in [0.717, 1.165) is 25.7 Å². The van der Waals surface area contributed by atoms with Gasteiger partial charge in [-0.1, -0.05) is 19.9 Å². The van der Waals surface area contributed by atoms with Crippen LogP contribution in [0.15, 0.2) is 12.7 Å². The van der Waals surface area contributed by atoms with Crippen LogP contribution in [0.3, 0.4) is 0 Å². The predicted octanol–water partition coefficient (Wildman–Crippen LogP) is 1.88. The fourth-order valence-electron chi connectivity index (χ4n) is 2.37. The number of hydrogen-bond donors (Lipinski definition) is 0. The second-order valence-corrected chi connectivity index (χ2v) is 6.96. The number of allylic oxidation sites excluding steroid dienone is 1. The van der Waals surface area contributed by atoms with Gasteiger partial charge in [-0.05, 0) is 25.7 Å². The topological polar surface area (TPSA) is 54.5 Å². The van der Waals surface area contributed by atoms with E-state index in [-0.39, 0.29) is 17.6 Å². The van der Waals surface area contributed by atoms with Gasteiger partial charge in [-0.2, -0.15) is 0 Å². The molecular weight excluding hydrogens is 262 g/mol. The minimum Gasteiger partial charge on any atom is -0.281 e. The second-order valence-electron chi connectivity index (χ2n) is 5.21. The molecule has 0 spiro atoms. The van der Waals surface area contributed by atoms with Crippen molar-refractivity contribution in [1.29, 1.82) is 0 Å². The Kier molecular flexibility index (Phi) is 5.91. The lowest BCUT2D eigenvalue weighted by molar-refractivity contribution is -0.154. The highest BCUT2D eigenvalue weighted by Gasteiger charge is 2.41. The average molecular weight is 285 g/mol. The Balaban J connectivity index is 2.74. The summed E-state index contributed by atoms with van der Waals surface area (Å²) in [7, 11) is -1.16. The lowest BCUT2D eigenvalue weighted by atomic mass is 9.77. The largest absolute Gasteiger partial charge is 0.281 e. The third kappa shape index (κ3) is 4.00. The van der Waals surface area contributed by atoms with Gasteiger partial charge in [0.25, 0.3) is 0 Å². The molecule has 1 aliphatic rings. The summed E-state index contributed by atoms with van der Waals surface area (Å²) in [5.74, 6) is -0.00483. The molecule has 0 aromatic heterocycles. The number of rotatable bonds is 6. The van der Waals surface area contributed by atoms with Crippen LogP contribution in [0.5, 0.6) is 0 Å². The van der Waals surface area contributed by atoms with E-state index in [4.69, 9.17) is 0 Å². The minimum absolute atomic E-state index is 0.0419. The van der Waals surface area contributed by atoms with Gasteiger partial charge in [0, 0.05) is 28.5 Å². The molecule has 4 nitrogen and oxygen atoms in total. The second kappa shape index (κ2) is 6.98. The molecule has 0 bridgehead atoms. The van der Waals surface area contributed by atoms with Crippen molar-refractivity contribution in [2.75, 3.05) is 18.1 Å². The zero-order valence-electron chi connectivity index (χ0n) is 11.8. The number of imide groups is 1. The first kappa shape index (κ1) is 16.1. The molecule has 1 heterocycles. The lowest BCUT2D eigenvalue weighted by Crippen LogP contribution is -2.51. The van der Waals surface area contributed by atoms with Gasteiger partial charge in [0.05, 0.1) is 0 Å². The molecule has 0 saturated carbocycles. The molecule has 1 fully saturated rings. The SMILES string of the molecule is C=CCCC1(C)CCCN(C(=O)CS(=O)CC)C1=O. The maximum atomic E-state index is 12.4. The Morgan fingerprint density at radius 3 is 2.84 bits per heavy atom. The number of carbonyl (C=O) groups is 2. The van der Waals surface area contributed by atoms with Crippen molar-refractivity contribution in [3.05, 3.63) is 12.7 Å². The van der Waals surface area contributed by atoms with Gasteiger partial charge in [-0.3, -0.25) is 18.7 Å². The summed E-state index contributed by atoms with van der Waals surface area (Å²) in [6, 6.07) is 0. The van der Waals surface area contributed by atoms with Crippen molar-refractivity contribution in [1.82, 2.24) is 4.90 Å². The molecule has 0 aliphatic carbocycles. The first-order valence-electron chi connectivity index (χ1n) is 6.75. The Bertz CT molecular complexity index is 394. The third-order valence-electron chi connectivity index (χ3n) is 3.68. The summed E-state index contributed by atoms with van der Waals surface area (Å²) in [4.78, 5) is 25.8. The van der Waals surface area contributed by atoms with Crippen molar-refractivity contribution >= 4 is 22.6 Å². The van der Waals surface area contributed by atoms with Crippen LogP contribution in [-0.4, -0.2) is 39.0 Å². The normalized spacial score (nSPS) is 25.2. The van der Waals surface area contributed by atoms with Crippen LogP contribution in [0.4, 0.5) is 0 Å². The maximum absolute atomic E-state index is 12.4. The van der Waals surface area contributed by atoms with Crippen LogP contribution in [0.25, 0.3) is 0 Å². The van der Waals surface area contributed by atoms with Crippen molar-refractivity contribution in [2.45, 2.75) is 39.5 Å². The van der Waals surface area contributed by atoms with Gasteiger partial charge >= 0.3 is 0 Å². The van der Waals surface area contributed by atoms with E-state index in [2.05, 4.69) is 6.58 Å². The van der Waals surface area contributed by atoms with E-state index in [0.29, 0.717) is 12.3 Å². The Morgan fingerprint density at radius 2 is 2.26 bits per heavy atom. The molecule has 19 heavy (non-hydrogen) atoms. The lowest BCUT2D eigenvalue weighted by Gasteiger charge is -2.38. The highest BCUT2D eigenvalue weighted by Crippen LogP contribution is 2.35. The van der Waals surface area contributed by atoms with Gasteiger partial charge in [-0.25, -0.2) is 0 Å². The van der Waals surface area contributed by atoms with Crippen LogP contribution in [0.1, 0.15) is 39.5 Å². The number of carbonyl (C=O) groups excluding carboxylic acids is 2. The van der Waals surface area contributed by atoms with E-state index < -0.39 is 16.2 Å². The van der Waals surface area contributed by atoms with E-state index >= 15 is 0 Å². The minimum atomic E-state index is -1.16. The van der Waals surface area contributed by atoms with Gasteiger partial charge in [-0.15, -0.1) is 6.58 Å². The standard InChI is InChI=1S/C14H23NO3S/c1-4-6-8-14(3)9-7-10-15(13(14)17)12(16)11-19(18)5-2/h4H,1,5-11H2,2-3H3. The van der Waals surface area contributed by atoms with E-state index in [1.165, 1.54) is 4.90 Å². The molecule has 2 unspecified atom stereocenters. The summed E-state index contributed by atoms with van der Waals surface area (Å²) >= 11 is 0. The molecule has 0 aromatic carbocycles. The number of nitrogens with zero attached hydrogens (tertiary/aromatic N) is 1. The fourth-order valence-corrected chi connectivity index (χ4v) is 3.01. The molecule has 108 valence electrons. The zero-order valence-corrected chi connectivity index (χ0v) is 12.6. The van der Waals surface area contributed by atoms with Crippen LogP contribution >= 0.6 is 0 Å². The molecule has 5 heteroatoms. The van der Waals surface area contributed by atoms with E-state index in [9.17, 15) is 13.8 Å². The maximum Gasteiger partial charge on any atom is 0.241 e. The Labute approximate surface area is 117 Å². The predicted molar refractivity (Wildman–Crippen MR) is 77.0 cm³/mol. The number of hydrogen-bond acceptors (Lipinski definition) is 3. The molecular formula is C14H23NO3S. The quantitative estimate of drug-likeness (QED) is 0.700. The van der Waals surface area contributed by atoms with Crippen molar-refractivity contribution in [3.8, 4) is 0 Å². The highest BCUT2D eigenvalue weighted by atomic mass is 32.2. The average Bonchev–Trinajstić information content (AvgIpc) is 2.39. The van der Waals surface area contributed by atoms with Crippen molar-refractivity contribution in [3.63, 3.8) is 0 Å². The molecule has 2 amide bonds. The summed E-state index contributed by atoms with van der Waals surface area (Å²) in [5.41, 5.74) is -0.476. The molecule has 1 saturated heterocycles. The monoisotopic (exact) mass is 285 g/mol. The van der Waals surface area contributed by atoms with Crippen LogP contribution < -0.4 is 0 Å².